The molecular weight excluding hydrogens is 256 g/mol. The maximum Gasteiger partial charge on any atom is 0.0218 e. The van der Waals surface area contributed by atoms with E-state index in [-0.39, 0.29) is 0 Å². The molecule has 2 aromatic rings. The van der Waals surface area contributed by atoms with Crippen LogP contribution in [0, 0.1) is 27.7 Å². The van der Waals surface area contributed by atoms with Gasteiger partial charge in [0.05, 0.1) is 0 Å². The molecule has 0 heterocycles. The lowest BCUT2D eigenvalue weighted by atomic mass is 10.1. The summed E-state index contributed by atoms with van der Waals surface area (Å²) >= 11 is 0. The fourth-order valence-electron chi connectivity index (χ4n) is 1.89. The highest BCUT2D eigenvalue weighted by molar-refractivity contribution is 8.76. The van der Waals surface area contributed by atoms with Gasteiger partial charge < -0.3 is 0 Å². The van der Waals surface area contributed by atoms with E-state index in [1.165, 1.54) is 32.0 Å². The highest BCUT2D eigenvalue weighted by Gasteiger charge is 2.03. The molecule has 0 aliphatic heterocycles. The van der Waals surface area contributed by atoms with Gasteiger partial charge in [-0.1, -0.05) is 39.8 Å². The van der Waals surface area contributed by atoms with E-state index in [9.17, 15) is 0 Å². The molecule has 94 valence electrons. The number of benzene rings is 2. The van der Waals surface area contributed by atoms with Gasteiger partial charge in [-0.15, -0.1) is 0 Å². The van der Waals surface area contributed by atoms with Crippen molar-refractivity contribution in [2.75, 3.05) is 0 Å². The Labute approximate surface area is 118 Å². The zero-order valence-corrected chi connectivity index (χ0v) is 12.9. The van der Waals surface area contributed by atoms with Gasteiger partial charge in [0, 0.05) is 9.79 Å². The summed E-state index contributed by atoms with van der Waals surface area (Å²) in [5.74, 6) is 0. The second-order valence-corrected chi connectivity index (χ2v) is 6.93. The molecule has 2 aromatic carbocycles. The molecule has 0 saturated carbocycles. The van der Waals surface area contributed by atoms with Gasteiger partial charge in [0.15, 0.2) is 0 Å². The summed E-state index contributed by atoms with van der Waals surface area (Å²) in [6.45, 7) is 8.67. The largest absolute Gasteiger partial charge is 0.0608 e. The molecule has 2 heteroatoms. The third-order valence-electron chi connectivity index (χ3n) is 2.98. The molecule has 0 radical (unpaired) electrons. The molecule has 0 saturated heterocycles. The third kappa shape index (κ3) is 3.33. The lowest BCUT2D eigenvalue weighted by Crippen LogP contribution is -1.83. The Morgan fingerprint density at radius 3 is 2.11 bits per heavy atom. The van der Waals surface area contributed by atoms with Crippen molar-refractivity contribution >= 4 is 21.6 Å². The van der Waals surface area contributed by atoms with Crippen molar-refractivity contribution in [3.8, 4) is 0 Å². The molecular formula is C16H18S2. The first-order valence-corrected chi connectivity index (χ1v) is 8.20. The Balaban J connectivity index is 2.14. The monoisotopic (exact) mass is 274 g/mol. The minimum atomic E-state index is 1.33. The van der Waals surface area contributed by atoms with Crippen molar-refractivity contribution in [2.24, 2.45) is 0 Å². The Morgan fingerprint density at radius 2 is 1.44 bits per heavy atom. The summed E-state index contributed by atoms with van der Waals surface area (Å²) in [5, 5.41) is 0. The van der Waals surface area contributed by atoms with E-state index in [0.29, 0.717) is 0 Å². The average molecular weight is 274 g/mol. The van der Waals surface area contributed by atoms with Crippen LogP contribution < -0.4 is 0 Å². The van der Waals surface area contributed by atoms with Crippen LogP contribution in [0.4, 0.5) is 0 Å². The van der Waals surface area contributed by atoms with E-state index in [1.807, 2.05) is 21.6 Å². The number of aryl methyl sites for hydroxylation is 3. The van der Waals surface area contributed by atoms with Gasteiger partial charge in [0.1, 0.15) is 0 Å². The molecule has 18 heavy (non-hydrogen) atoms. The molecule has 0 unspecified atom stereocenters. The van der Waals surface area contributed by atoms with Crippen molar-refractivity contribution in [1.82, 2.24) is 0 Å². The van der Waals surface area contributed by atoms with Crippen LogP contribution in [-0.2, 0) is 0 Å². The number of hydrogen-bond acceptors (Lipinski definition) is 2. The van der Waals surface area contributed by atoms with E-state index in [1.54, 1.807) is 0 Å². The van der Waals surface area contributed by atoms with Gasteiger partial charge in [-0.3, -0.25) is 0 Å². The lowest BCUT2D eigenvalue weighted by Gasteiger charge is -2.08. The minimum absolute atomic E-state index is 1.33. The highest BCUT2D eigenvalue weighted by Crippen LogP contribution is 2.39. The summed E-state index contributed by atoms with van der Waals surface area (Å²) in [6.07, 6.45) is 0. The topological polar surface area (TPSA) is 0 Å². The smallest absolute Gasteiger partial charge is 0.0218 e. The predicted octanol–water partition coefficient (Wildman–Crippen LogP) is 5.72. The second-order valence-electron chi connectivity index (χ2n) is 4.69. The Morgan fingerprint density at radius 1 is 0.778 bits per heavy atom. The molecule has 0 aromatic heterocycles. The predicted molar refractivity (Wildman–Crippen MR) is 83.5 cm³/mol. The highest BCUT2D eigenvalue weighted by atomic mass is 33.1. The van der Waals surface area contributed by atoms with E-state index < -0.39 is 0 Å². The Bertz CT molecular complexity index is 539. The van der Waals surface area contributed by atoms with Crippen LogP contribution in [0.1, 0.15) is 22.3 Å². The summed E-state index contributed by atoms with van der Waals surface area (Å²) in [6, 6.07) is 13.2. The molecule has 0 nitrogen and oxygen atoms in total. The van der Waals surface area contributed by atoms with E-state index in [2.05, 4.69) is 64.1 Å². The standard InChI is InChI=1S/C16H18S2/c1-11-8-12(2)10-15(9-11)17-18-16-7-5-6-13(3)14(16)4/h5-10H,1-4H3. The molecule has 0 spiro atoms. The molecule has 0 bridgehead atoms. The number of hydrogen-bond donors (Lipinski definition) is 0. The van der Waals surface area contributed by atoms with Crippen molar-refractivity contribution in [3.05, 3.63) is 58.7 Å². The van der Waals surface area contributed by atoms with Crippen molar-refractivity contribution in [3.63, 3.8) is 0 Å². The molecule has 0 N–H and O–H groups in total. The van der Waals surface area contributed by atoms with Gasteiger partial charge in [-0.05, 0) is 68.1 Å². The Kier molecular flexibility index (Phi) is 4.41. The van der Waals surface area contributed by atoms with Crippen LogP contribution in [-0.4, -0.2) is 0 Å². The van der Waals surface area contributed by atoms with Gasteiger partial charge in [-0.25, -0.2) is 0 Å². The maximum absolute atomic E-state index is 2.25. The fourth-order valence-corrected chi connectivity index (χ4v) is 4.35. The minimum Gasteiger partial charge on any atom is -0.0608 e. The van der Waals surface area contributed by atoms with Crippen molar-refractivity contribution in [2.45, 2.75) is 37.5 Å². The first-order chi connectivity index (χ1) is 8.56. The van der Waals surface area contributed by atoms with E-state index in [4.69, 9.17) is 0 Å². The van der Waals surface area contributed by atoms with Gasteiger partial charge >= 0.3 is 0 Å². The summed E-state index contributed by atoms with van der Waals surface area (Å²) in [5.41, 5.74) is 5.42. The molecule has 2 rings (SSSR count). The van der Waals surface area contributed by atoms with Gasteiger partial charge in [0.2, 0.25) is 0 Å². The maximum atomic E-state index is 2.25. The lowest BCUT2D eigenvalue weighted by molar-refractivity contribution is 1.23. The molecule has 0 aliphatic rings. The molecule has 0 aliphatic carbocycles. The van der Waals surface area contributed by atoms with Gasteiger partial charge in [0.25, 0.3) is 0 Å². The van der Waals surface area contributed by atoms with Crippen LogP contribution in [0.3, 0.4) is 0 Å². The zero-order chi connectivity index (χ0) is 13.1. The third-order valence-corrected chi connectivity index (χ3v) is 5.48. The first kappa shape index (κ1) is 13.6. The van der Waals surface area contributed by atoms with Gasteiger partial charge in [-0.2, -0.15) is 0 Å². The van der Waals surface area contributed by atoms with Crippen LogP contribution >= 0.6 is 21.6 Å². The Hall–Kier alpha value is -0.860. The van der Waals surface area contributed by atoms with Crippen LogP contribution in [0.5, 0.6) is 0 Å². The summed E-state index contributed by atoms with van der Waals surface area (Å²) < 4.78 is 0. The van der Waals surface area contributed by atoms with E-state index in [0.717, 1.165) is 0 Å². The molecule has 0 fully saturated rings. The SMILES string of the molecule is Cc1cc(C)cc(SSc2cccc(C)c2C)c1. The number of rotatable bonds is 3. The first-order valence-electron chi connectivity index (χ1n) is 6.05. The van der Waals surface area contributed by atoms with Crippen molar-refractivity contribution < 1.29 is 0 Å². The normalized spacial score (nSPS) is 10.7. The van der Waals surface area contributed by atoms with Crippen LogP contribution in [0.25, 0.3) is 0 Å². The molecule has 0 atom stereocenters. The fraction of sp³-hybridized carbons (Fsp3) is 0.250. The molecule has 0 amide bonds. The van der Waals surface area contributed by atoms with Crippen LogP contribution in [0.2, 0.25) is 0 Å². The summed E-state index contributed by atoms with van der Waals surface area (Å²) in [7, 11) is 3.69. The second kappa shape index (κ2) is 5.85. The quantitative estimate of drug-likeness (QED) is 0.656. The van der Waals surface area contributed by atoms with E-state index >= 15 is 0 Å². The van der Waals surface area contributed by atoms with Crippen LogP contribution in [0.15, 0.2) is 46.2 Å². The summed E-state index contributed by atoms with van der Waals surface area (Å²) in [4.78, 5) is 2.69. The zero-order valence-electron chi connectivity index (χ0n) is 11.3. The van der Waals surface area contributed by atoms with Crippen molar-refractivity contribution in [1.29, 1.82) is 0 Å². The average Bonchev–Trinajstić information content (AvgIpc) is 2.30.